The van der Waals surface area contributed by atoms with Gasteiger partial charge in [0.2, 0.25) is 0 Å². The van der Waals surface area contributed by atoms with Crippen LogP contribution in [0, 0.1) is 5.82 Å². The van der Waals surface area contributed by atoms with Gasteiger partial charge in [-0.3, -0.25) is 14.2 Å². The number of hydrogen-bond acceptors (Lipinski definition) is 5. The third kappa shape index (κ3) is 3.38. The third-order valence-electron chi connectivity index (χ3n) is 4.97. The van der Waals surface area contributed by atoms with Gasteiger partial charge in [-0.1, -0.05) is 0 Å². The Balaban J connectivity index is 1.77. The molecule has 1 aliphatic rings. The summed E-state index contributed by atoms with van der Waals surface area (Å²) >= 11 is 0. The molecule has 0 bridgehead atoms. The van der Waals surface area contributed by atoms with E-state index in [0.717, 1.165) is 0 Å². The molecule has 0 fully saturated rings. The minimum Gasteiger partial charge on any atom is -0.444 e. The van der Waals surface area contributed by atoms with Crippen molar-refractivity contribution >= 4 is 22.9 Å². The highest BCUT2D eigenvalue weighted by Gasteiger charge is 2.32. The largest absolute Gasteiger partial charge is 0.444 e. The molecule has 0 radical (unpaired) electrons. The zero-order chi connectivity index (χ0) is 21.8. The Hall–Kier alpha value is -3.43. The zero-order valence-electron chi connectivity index (χ0n) is 17.3. The Bertz CT molecular complexity index is 1170. The number of carbonyl (C=O) groups is 2. The Morgan fingerprint density at radius 3 is 2.63 bits per heavy atom. The Kier molecular flexibility index (Phi) is 4.52. The Labute approximate surface area is 172 Å². The monoisotopic (exact) mass is 414 g/mol. The number of fused-ring (bicyclic) bond motifs is 2. The van der Waals surface area contributed by atoms with Crippen molar-refractivity contribution in [1.29, 1.82) is 0 Å². The molecule has 2 aromatic heterocycles. The van der Waals surface area contributed by atoms with Crippen molar-refractivity contribution in [3.63, 3.8) is 0 Å². The number of ether oxygens (including phenoxy) is 1. The van der Waals surface area contributed by atoms with Crippen LogP contribution in [0.3, 0.4) is 0 Å². The van der Waals surface area contributed by atoms with Gasteiger partial charge in [0.25, 0.3) is 5.91 Å². The van der Waals surface area contributed by atoms with Crippen molar-refractivity contribution in [3.8, 4) is 11.3 Å². The van der Waals surface area contributed by atoms with Gasteiger partial charge in [-0.2, -0.15) is 10.2 Å². The van der Waals surface area contributed by atoms with E-state index in [0.29, 0.717) is 35.2 Å². The van der Waals surface area contributed by atoms with E-state index in [-0.39, 0.29) is 17.8 Å². The second kappa shape index (κ2) is 6.82. The number of nitrogens with zero attached hydrogens (tertiary/aromatic N) is 5. The van der Waals surface area contributed by atoms with E-state index >= 15 is 0 Å². The molecular formula is C20H23FN6O3. The highest BCUT2D eigenvalue weighted by Crippen LogP contribution is 2.32. The molecule has 0 atom stereocenters. The molecule has 3 aromatic rings. The fourth-order valence-electron chi connectivity index (χ4n) is 3.60. The molecule has 2 N–H and O–H groups in total. The molecular weight excluding hydrogens is 391 g/mol. The van der Waals surface area contributed by atoms with Gasteiger partial charge in [-0.25, -0.2) is 9.18 Å². The Morgan fingerprint density at radius 2 is 1.97 bits per heavy atom. The predicted octanol–water partition coefficient (Wildman–Crippen LogP) is 2.43. The number of primary amides is 1. The summed E-state index contributed by atoms with van der Waals surface area (Å²) in [5.41, 5.74) is 6.97. The molecule has 4 rings (SSSR count). The van der Waals surface area contributed by atoms with Crippen LogP contribution >= 0.6 is 0 Å². The number of benzene rings is 1. The average Bonchev–Trinajstić information content (AvgIpc) is 3.21. The molecule has 10 heteroatoms. The van der Waals surface area contributed by atoms with Crippen LogP contribution in [0.15, 0.2) is 18.3 Å². The molecule has 0 aliphatic carbocycles. The van der Waals surface area contributed by atoms with Crippen molar-refractivity contribution in [2.24, 2.45) is 12.8 Å². The van der Waals surface area contributed by atoms with Crippen LogP contribution in [0.25, 0.3) is 22.2 Å². The highest BCUT2D eigenvalue weighted by molar-refractivity contribution is 6.01. The number of aromatic nitrogens is 4. The van der Waals surface area contributed by atoms with E-state index in [1.54, 1.807) is 43.2 Å². The maximum Gasteiger partial charge on any atom is 0.410 e. The molecule has 3 heterocycles. The van der Waals surface area contributed by atoms with E-state index in [1.165, 1.54) is 17.2 Å². The zero-order valence-corrected chi connectivity index (χ0v) is 17.3. The molecule has 2 amide bonds. The summed E-state index contributed by atoms with van der Waals surface area (Å²) in [5, 5.41) is 8.96. The predicted molar refractivity (Wildman–Crippen MR) is 107 cm³/mol. The summed E-state index contributed by atoms with van der Waals surface area (Å²) in [5.74, 6) is -1.16. The highest BCUT2D eigenvalue weighted by atomic mass is 19.1. The van der Waals surface area contributed by atoms with Crippen molar-refractivity contribution < 1.29 is 18.7 Å². The normalized spacial score (nSPS) is 14.1. The summed E-state index contributed by atoms with van der Waals surface area (Å²) < 4.78 is 23.2. The van der Waals surface area contributed by atoms with Crippen molar-refractivity contribution in [2.45, 2.75) is 39.5 Å². The van der Waals surface area contributed by atoms with Crippen LogP contribution in [0.1, 0.15) is 36.8 Å². The van der Waals surface area contributed by atoms with Crippen LogP contribution in [0.2, 0.25) is 0 Å². The molecule has 158 valence electrons. The molecule has 30 heavy (non-hydrogen) atoms. The van der Waals surface area contributed by atoms with Crippen LogP contribution in [-0.4, -0.2) is 48.6 Å². The van der Waals surface area contributed by atoms with Gasteiger partial charge in [0.05, 0.1) is 41.4 Å². The minimum absolute atomic E-state index is 0.122. The van der Waals surface area contributed by atoms with Gasteiger partial charge >= 0.3 is 6.09 Å². The summed E-state index contributed by atoms with van der Waals surface area (Å²) in [6.07, 6.45) is 0.967. The quantitative estimate of drug-likeness (QED) is 0.693. The minimum atomic E-state index is -0.692. The first kappa shape index (κ1) is 19.9. The lowest BCUT2D eigenvalue weighted by atomic mass is 10.0. The number of rotatable bonds is 2. The van der Waals surface area contributed by atoms with Crippen molar-refractivity contribution in [1.82, 2.24) is 24.5 Å². The maximum absolute atomic E-state index is 14.6. The summed E-state index contributed by atoms with van der Waals surface area (Å²) in [6, 6.07) is 3.04. The number of carbonyl (C=O) groups excluding carboxylic acids is 2. The number of halogens is 1. The van der Waals surface area contributed by atoms with E-state index < -0.39 is 23.4 Å². The third-order valence-corrected chi connectivity index (χ3v) is 4.97. The first-order chi connectivity index (χ1) is 14.0. The van der Waals surface area contributed by atoms with Crippen LogP contribution < -0.4 is 5.73 Å². The molecule has 0 saturated carbocycles. The first-order valence-electron chi connectivity index (χ1n) is 9.54. The fourth-order valence-corrected chi connectivity index (χ4v) is 3.60. The smallest absolute Gasteiger partial charge is 0.410 e. The number of aryl methyl sites for hydroxylation is 1. The van der Waals surface area contributed by atoms with Gasteiger partial charge in [0.15, 0.2) is 0 Å². The van der Waals surface area contributed by atoms with Gasteiger partial charge < -0.3 is 15.4 Å². The second-order valence-corrected chi connectivity index (χ2v) is 8.32. The lowest BCUT2D eigenvalue weighted by molar-refractivity contribution is 0.0193. The fraction of sp³-hybridized carbons (Fsp3) is 0.400. The molecule has 1 aliphatic heterocycles. The number of hydrogen-bond donors (Lipinski definition) is 1. The average molecular weight is 414 g/mol. The van der Waals surface area contributed by atoms with E-state index in [1.807, 2.05) is 0 Å². The topological polar surface area (TPSA) is 108 Å². The van der Waals surface area contributed by atoms with Gasteiger partial charge in [0, 0.05) is 19.2 Å². The number of nitrogens with two attached hydrogens (primary N) is 1. The lowest BCUT2D eigenvalue weighted by Gasteiger charge is -2.30. The molecule has 1 aromatic carbocycles. The number of amides is 2. The van der Waals surface area contributed by atoms with Gasteiger partial charge in [0.1, 0.15) is 17.1 Å². The SMILES string of the molecule is Cn1ncc2c(F)cc(-c3nn4c(c3C(N)=O)CN(C(=O)OC(C)(C)C)CC4)cc21. The summed E-state index contributed by atoms with van der Waals surface area (Å²) in [4.78, 5) is 26.3. The van der Waals surface area contributed by atoms with Crippen LogP contribution in [-0.2, 0) is 24.9 Å². The van der Waals surface area contributed by atoms with Gasteiger partial charge in [-0.05, 0) is 32.9 Å². The van der Waals surface area contributed by atoms with Crippen LogP contribution in [0.4, 0.5) is 9.18 Å². The maximum atomic E-state index is 14.6. The lowest BCUT2D eigenvalue weighted by Crippen LogP contribution is -2.42. The van der Waals surface area contributed by atoms with E-state index in [2.05, 4.69) is 10.2 Å². The molecule has 0 saturated heterocycles. The summed E-state index contributed by atoms with van der Waals surface area (Å²) in [7, 11) is 1.71. The Morgan fingerprint density at radius 1 is 1.23 bits per heavy atom. The summed E-state index contributed by atoms with van der Waals surface area (Å²) in [6.45, 7) is 6.22. The van der Waals surface area contributed by atoms with Crippen LogP contribution in [0.5, 0.6) is 0 Å². The van der Waals surface area contributed by atoms with Crippen molar-refractivity contribution in [2.75, 3.05) is 6.54 Å². The van der Waals surface area contributed by atoms with Crippen molar-refractivity contribution in [3.05, 3.63) is 35.4 Å². The van der Waals surface area contributed by atoms with E-state index in [4.69, 9.17) is 10.5 Å². The second-order valence-electron chi connectivity index (χ2n) is 8.32. The van der Waals surface area contributed by atoms with E-state index in [9.17, 15) is 14.0 Å². The standard InChI is InChI=1S/C20H23FN6O3/c1-20(2,3)30-19(29)26-5-6-27-15(10-26)16(18(22)28)17(24-27)11-7-13(21)12-9-23-25(4)14(12)8-11/h7-9H,5-6,10H2,1-4H3,(H2,22,28). The molecule has 0 unspecified atom stereocenters. The molecule has 9 nitrogen and oxygen atoms in total. The first-order valence-corrected chi connectivity index (χ1v) is 9.54. The van der Waals surface area contributed by atoms with Gasteiger partial charge in [-0.15, -0.1) is 0 Å². The molecule has 0 spiro atoms.